The smallest absolute Gasteiger partial charge is 0.251 e. The molecule has 0 aliphatic heterocycles. The molecule has 5 nitrogen and oxygen atoms in total. The van der Waals surface area contributed by atoms with E-state index in [1.54, 1.807) is 19.2 Å². The van der Waals surface area contributed by atoms with E-state index in [0.29, 0.717) is 37.6 Å². The molecular formula is C13H16N2O3. The number of nitrogens with zero attached hydrogens (tertiary/aromatic N) is 1. The first-order valence-electron chi connectivity index (χ1n) is 5.57. The number of methoxy groups -OCH3 is 1. The fourth-order valence-electron chi connectivity index (χ4n) is 1.21. The van der Waals surface area contributed by atoms with Crippen LogP contribution in [0.4, 0.5) is 0 Å². The number of amides is 1. The van der Waals surface area contributed by atoms with Gasteiger partial charge in [0.05, 0.1) is 6.61 Å². The first-order valence-corrected chi connectivity index (χ1v) is 5.57. The summed E-state index contributed by atoms with van der Waals surface area (Å²) in [5.74, 6) is 2.66. The highest BCUT2D eigenvalue weighted by Gasteiger charge is 2.06. The Morgan fingerprint density at radius 2 is 2.39 bits per heavy atom. The van der Waals surface area contributed by atoms with Crippen molar-refractivity contribution in [1.82, 2.24) is 10.3 Å². The fraction of sp³-hybridized carbons (Fsp3) is 0.385. The number of hydrogen-bond acceptors (Lipinski definition) is 4. The molecule has 0 atom stereocenters. The van der Waals surface area contributed by atoms with Crippen LogP contribution < -0.4 is 10.1 Å². The number of carbonyl (C=O) groups is 1. The molecule has 1 rings (SSSR count). The van der Waals surface area contributed by atoms with E-state index in [-0.39, 0.29) is 5.91 Å². The van der Waals surface area contributed by atoms with E-state index >= 15 is 0 Å². The van der Waals surface area contributed by atoms with Crippen LogP contribution in [0.15, 0.2) is 18.3 Å². The lowest BCUT2D eigenvalue weighted by molar-refractivity contribution is 0.0953. The van der Waals surface area contributed by atoms with Gasteiger partial charge < -0.3 is 14.8 Å². The van der Waals surface area contributed by atoms with Crippen LogP contribution in [-0.4, -0.2) is 37.8 Å². The van der Waals surface area contributed by atoms with Crippen LogP contribution in [0, 0.1) is 12.3 Å². The summed E-state index contributed by atoms with van der Waals surface area (Å²) in [6.45, 7) is 1.32. The molecule has 1 amide bonds. The van der Waals surface area contributed by atoms with Gasteiger partial charge in [-0.2, -0.15) is 0 Å². The number of nitrogens with one attached hydrogen (secondary N) is 1. The molecular weight excluding hydrogens is 232 g/mol. The molecule has 1 N–H and O–H groups in total. The minimum Gasteiger partial charge on any atom is -0.475 e. The van der Waals surface area contributed by atoms with Crippen LogP contribution in [0.3, 0.4) is 0 Å². The molecule has 0 aliphatic rings. The van der Waals surface area contributed by atoms with Gasteiger partial charge in [0, 0.05) is 37.9 Å². The van der Waals surface area contributed by atoms with Gasteiger partial charge in [0.25, 0.3) is 5.91 Å². The van der Waals surface area contributed by atoms with Crippen LogP contribution >= 0.6 is 0 Å². The average Bonchev–Trinajstić information content (AvgIpc) is 2.39. The lowest BCUT2D eigenvalue weighted by atomic mass is 10.2. The molecule has 0 unspecified atom stereocenters. The minimum absolute atomic E-state index is 0.191. The van der Waals surface area contributed by atoms with E-state index in [1.807, 2.05) is 0 Å². The lowest BCUT2D eigenvalue weighted by Gasteiger charge is -2.06. The molecule has 0 spiro atoms. The Labute approximate surface area is 107 Å². The Bertz CT molecular complexity index is 426. The predicted octanol–water partition coefficient (Wildman–Crippen LogP) is 0.860. The molecule has 0 aromatic carbocycles. The second kappa shape index (κ2) is 8.09. The highest BCUT2D eigenvalue weighted by atomic mass is 16.5. The van der Waals surface area contributed by atoms with Gasteiger partial charge in [0.15, 0.2) is 0 Å². The molecule has 0 bridgehead atoms. The van der Waals surface area contributed by atoms with E-state index in [9.17, 15) is 4.79 Å². The number of terminal acetylenes is 1. The molecule has 0 fully saturated rings. The van der Waals surface area contributed by atoms with Gasteiger partial charge in [-0.05, 0) is 6.07 Å². The van der Waals surface area contributed by atoms with Gasteiger partial charge in [0.2, 0.25) is 5.88 Å². The lowest BCUT2D eigenvalue weighted by Crippen LogP contribution is -2.24. The molecule has 0 aliphatic carbocycles. The monoisotopic (exact) mass is 248 g/mol. The Morgan fingerprint density at radius 3 is 3.11 bits per heavy atom. The first-order chi connectivity index (χ1) is 8.77. The van der Waals surface area contributed by atoms with Crippen LogP contribution in [0.1, 0.15) is 16.8 Å². The van der Waals surface area contributed by atoms with Crippen LogP contribution in [0.5, 0.6) is 5.88 Å². The SMILES string of the molecule is C#CCCNC(=O)c1ccnc(OCCOC)c1. The van der Waals surface area contributed by atoms with E-state index in [4.69, 9.17) is 15.9 Å². The summed E-state index contributed by atoms with van der Waals surface area (Å²) in [5, 5.41) is 2.70. The summed E-state index contributed by atoms with van der Waals surface area (Å²) in [5.41, 5.74) is 0.495. The standard InChI is InChI=1S/C13H16N2O3/c1-3-4-6-15-13(16)11-5-7-14-12(10-11)18-9-8-17-2/h1,5,7,10H,4,6,8-9H2,2H3,(H,15,16). The van der Waals surface area contributed by atoms with Gasteiger partial charge in [-0.1, -0.05) is 0 Å². The van der Waals surface area contributed by atoms with Gasteiger partial charge in [-0.15, -0.1) is 12.3 Å². The maximum Gasteiger partial charge on any atom is 0.251 e. The maximum atomic E-state index is 11.7. The fourth-order valence-corrected chi connectivity index (χ4v) is 1.21. The largest absolute Gasteiger partial charge is 0.475 e. The van der Waals surface area contributed by atoms with E-state index in [0.717, 1.165) is 0 Å². The molecule has 5 heteroatoms. The van der Waals surface area contributed by atoms with Crippen LogP contribution in [0.2, 0.25) is 0 Å². The van der Waals surface area contributed by atoms with Gasteiger partial charge in [0.1, 0.15) is 6.61 Å². The normalized spacial score (nSPS) is 9.56. The van der Waals surface area contributed by atoms with Gasteiger partial charge in [-0.3, -0.25) is 4.79 Å². The molecule has 1 aromatic rings. The van der Waals surface area contributed by atoms with Crippen molar-refractivity contribution in [3.63, 3.8) is 0 Å². The van der Waals surface area contributed by atoms with Crippen molar-refractivity contribution in [2.45, 2.75) is 6.42 Å². The van der Waals surface area contributed by atoms with Crippen molar-refractivity contribution in [1.29, 1.82) is 0 Å². The number of aromatic nitrogens is 1. The summed E-state index contributed by atoms with van der Waals surface area (Å²) in [6.07, 6.45) is 7.14. The zero-order chi connectivity index (χ0) is 13.2. The van der Waals surface area contributed by atoms with Crippen molar-refractivity contribution in [2.24, 2.45) is 0 Å². The third kappa shape index (κ3) is 4.85. The number of rotatable bonds is 7. The number of carbonyl (C=O) groups excluding carboxylic acids is 1. The third-order valence-electron chi connectivity index (χ3n) is 2.09. The Morgan fingerprint density at radius 1 is 1.56 bits per heavy atom. The predicted molar refractivity (Wildman–Crippen MR) is 67.4 cm³/mol. The average molecular weight is 248 g/mol. The Hall–Kier alpha value is -2.06. The second-order valence-corrected chi connectivity index (χ2v) is 3.43. The quantitative estimate of drug-likeness (QED) is 0.574. The number of ether oxygens (including phenoxy) is 2. The molecule has 18 heavy (non-hydrogen) atoms. The van der Waals surface area contributed by atoms with Crippen LogP contribution in [-0.2, 0) is 4.74 Å². The van der Waals surface area contributed by atoms with Crippen LogP contribution in [0.25, 0.3) is 0 Å². The number of pyridine rings is 1. The molecule has 1 aromatic heterocycles. The molecule has 0 saturated carbocycles. The summed E-state index contributed by atoms with van der Waals surface area (Å²) >= 11 is 0. The van der Waals surface area contributed by atoms with Crippen molar-refractivity contribution >= 4 is 5.91 Å². The third-order valence-corrected chi connectivity index (χ3v) is 2.09. The van der Waals surface area contributed by atoms with Crippen molar-refractivity contribution in [3.8, 4) is 18.2 Å². The second-order valence-electron chi connectivity index (χ2n) is 3.43. The highest BCUT2D eigenvalue weighted by Crippen LogP contribution is 2.09. The van der Waals surface area contributed by atoms with E-state index in [2.05, 4.69) is 16.2 Å². The molecule has 0 radical (unpaired) electrons. The summed E-state index contributed by atoms with van der Waals surface area (Å²) in [6, 6.07) is 3.20. The molecule has 0 saturated heterocycles. The minimum atomic E-state index is -0.191. The van der Waals surface area contributed by atoms with E-state index < -0.39 is 0 Å². The van der Waals surface area contributed by atoms with Gasteiger partial charge >= 0.3 is 0 Å². The summed E-state index contributed by atoms with van der Waals surface area (Å²) in [7, 11) is 1.59. The Balaban J connectivity index is 2.53. The van der Waals surface area contributed by atoms with Crippen molar-refractivity contribution < 1.29 is 14.3 Å². The molecule has 1 heterocycles. The first kappa shape index (κ1) is 14.0. The topological polar surface area (TPSA) is 60.5 Å². The summed E-state index contributed by atoms with van der Waals surface area (Å²) < 4.78 is 10.2. The summed E-state index contributed by atoms with van der Waals surface area (Å²) in [4.78, 5) is 15.7. The zero-order valence-electron chi connectivity index (χ0n) is 10.3. The molecule has 96 valence electrons. The highest BCUT2D eigenvalue weighted by molar-refractivity contribution is 5.94. The van der Waals surface area contributed by atoms with Gasteiger partial charge in [-0.25, -0.2) is 4.98 Å². The van der Waals surface area contributed by atoms with Crippen molar-refractivity contribution in [3.05, 3.63) is 23.9 Å². The Kier molecular flexibility index (Phi) is 6.30. The zero-order valence-corrected chi connectivity index (χ0v) is 10.3. The van der Waals surface area contributed by atoms with E-state index in [1.165, 1.54) is 6.20 Å². The van der Waals surface area contributed by atoms with Crippen molar-refractivity contribution in [2.75, 3.05) is 26.9 Å². The maximum absolute atomic E-state index is 11.7. The number of hydrogen-bond donors (Lipinski definition) is 1.